The number of nitro groups is 2. The third kappa shape index (κ3) is 5.64. The average molecular weight is 827 g/mol. The number of aryl methyl sites for hydroxylation is 4. The predicted octanol–water partition coefficient (Wildman–Crippen LogP) is 10.5. The first-order valence-electron chi connectivity index (χ1n) is 15.9. The summed E-state index contributed by atoms with van der Waals surface area (Å²) in [6, 6.07) is 0. The molecule has 0 aliphatic rings. The molecule has 0 amide bonds. The monoisotopic (exact) mass is 826 g/mol. The van der Waals surface area contributed by atoms with E-state index in [4.69, 9.17) is 9.97 Å². The first-order valence-corrected chi connectivity index (χ1v) is 18.6. The van der Waals surface area contributed by atoms with E-state index in [2.05, 4.69) is 40.8 Å². The van der Waals surface area contributed by atoms with Crippen LogP contribution in [-0.4, -0.2) is 34.4 Å². The van der Waals surface area contributed by atoms with Gasteiger partial charge in [-0.15, -0.1) is 22.7 Å². The normalized spacial score (nSPS) is 11.4. The molecule has 0 aliphatic heterocycles. The van der Waals surface area contributed by atoms with E-state index >= 15 is 0 Å². The summed E-state index contributed by atoms with van der Waals surface area (Å²) in [6.07, 6.45) is 0. The second-order valence-electron chi connectivity index (χ2n) is 12.8. The SMILES string of the molecule is CC(=O)c1c(-c2c(C)c(C)c(C)c([N+](=O)[O-])c2C)nc2sc(C)c(C)n12.Cc1sc2nc(-c3c(C)c(C)c(C)c([N+](=O)[O-])c3C)c(I)n2c1C. The lowest BCUT2D eigenvalue weighted by atomic mass is 9.89. The number of hydrogen-bond donors (Lipinski definition) is 0. The zero-order chi connectivity index (χ0) is 37.4. The Bertz CT molecular complexity index is 2460. The summed E-state index contributed by atoms with van der Waals surface area (Å²) in [5.41, 5.74) is 12.3. The van der Waals surface area contributed by atoms with Crippen molar-refractivity contribution in [2.75, 3.05) is 0 Å². The predicted molar refractivity (Wildman–Crippen MR) is 210 cm³/mol. The number of carbonyl (C=O) groups is 1. The summed E-state index contributed by atoms with van der Waals surface area (Å²) < 4.78 is 5.01. The Hall–Kier alpha value is -4.02. The molecule has 0 saturated carbocycles. The number of thiazole rings is 2. The molecule has 11 nitrogen and oxygen atoms in total. The molecule has 0 fully saturated rings. The Morgan fingerprint density at radius 2 is 0.980 bits per heavy atom. The van der Waals surface area contributed by atoms with E-state index in [1.807, 2.05) is 59.8 Å². The molecule has 50 heavy (non-hydrogen) atoms. The molecule has 0 radical (unpaired) electrons. The van der Waals surface area contributed by atoms with Crippen molar-refractivity contribution in [3.63, 3.8) is 0 Å². The van der Waals surface area contributed by atoms with Crippen molar-refractivity contribution in [2.24, 2.45) is 0 Å². The van der Waals surface area contributed by atoms with Crippen LogP contribution < -0.4 is 0 Å². The number of Topliss-reactive ketones (excluding diaryl/α,β-unsaturated/α-hetero) is 1. The highest BCUT2D eigenvalue weighted by molar-refractivity contribution is 14.1. The second-order valence-corrected chi connectivity index (χ2v) is 16.2. The van der Waals surface area contributed by atoms with E-state index in [9.17, 15) is 25.0 Å². The minimum Gasteiger partial charge on any atom is -0.293 e. The largest absolute Gasteiger partial charge is 0.293 e. The maximum atomic E-state index is 12.5. The first-order chi connectivity index (χ1) is 23.2. The van der Waals surface area contributed by atoms with Crippen molar-refractivity contribution in [1.82, 2.24) is 18.8 Å². The third-order valence-corrected chi connectivity index (χ3v) is 13.3. The average Bonchev–Trinajstić information content (AvgIpc) is 3.71. The fraction of sp³-hybridized carbons (Fsp3) is 0.361. The van der Waals surface area contributed by atoms with E-state index in [0.717, 1.165) is 63.3 Å². The second kappa shape index (κ2) is 13.3. The molecule has 0 aliphatic carbocycles. The molecular formula is C36H39IN6O5S2. The van der Waals surface area contributed by atoms with Crippen LogP contribution in [0.3, 0.4) is 0 Å². The lowest BCUT2D eigenvalue weighted by Gasteiger charge is -2.15. The van der Waals surface area contributed by atoms with E-state index in [1.165, 1.54) is 28.8 Å². The van der Waals surface area contributed by atoms with E-state index in [0.29, 0.717) is 33.6 Å². The van der Waals surface area contributed by atoms with Crippen LogP contribution in [0.2, 0.25) is 0 Å². The van der Waals surface area contributed by atoms with E-state index in [1.54, 1.807) is 25.2 Å². The number of fused-ring (bicyclic) bond motifs is 2. The van der Waals surface area contributed by atoms with Gasteiger partial charge in [0.25, 0.3) is 11.4 Å². The summed E-state index contributed by atoms with van der Waals surface area (Å²) in [4.78, 5) is 48.6. The number of rotatable bonds is 5. The van der Waals surface area contributed by atoms with Gasteiger partial charge in [0.15, 0.2) is 15.7 Å². The number of aromatic nitrogens is 4. The zero-order valence-electron chi connectivity index (χ0n) is 30.4. The van der Waals surface area contributed by atoms with Crippen molar-refractivity contribution < 1.29 is 14.6 Å². The Labute approximate surface area is 311 Å². The van der Waals surface area contributed by atoms with Crippen molar-refractivity contribution >= 4 is 72.3 Å². The highest BCUT2D eigenvalue weighted by Crippen LogP contribution is 2.42. The maximum Gasteiger partial charge on any atom is 0.276 e. The van der Waals surface area contributed by atoms with Crippen molar-refractivity contribution in [2.45, 2.75) is 90.0 Å². The molecule has 6 aromatic rings. The Balaban J connectivity index is 0.000000195. The van der Waals surface area contributed by atoms with Crippen LogP contribution in [0, 0.1) is 107 Å². The highest BCUT2D eigenvalue weighted by atomic mass is 127. The van der Waals surface area contributed by atoms with Gasteiger partial charge in [-0.25, -0.2) is 9.97 Å². The van der Waals surface area contributed by atoms with Crippen LogP contribution in [0.25, 0.3) is 32.4 Å². The zero-order valence-corrected chi connectivity index (χ0v) is 34.2. The fourth-order valence-corrected chi connectivity index (χ4v) is 9.91. The molecule has 0 unspecified atom stereocenters. The summed E-state index contributed by atoms with van der Waals surface area (Å²) in [7, 11) is 0. The smallest absolute Gasteiger partial charge is 0.276 e. The molecule has 262 valence electrons. The van der Waals surface area contributed by atoms with Crippen molar-refractivity contribution in [1.29, 1.82) is 0 Å². The Kier molecular flexibility index (Phi) is 9.88. The van der Waals surface area contributed by atoms with Gasteiger partial charge < -0.3 is 0 Å². The number of hydrogen-bond acceptors (Lipinski definition) is 9. The highest BCUT2D eigenvalue weighted by Gasteiger charge is 2.30. The summed E-state index contributed by atoms with van der Waals surface area (Å²) in [5, 5.41) is 23.2. The van der Waals surface area contributed by atoms with Gasteiger partial charge in [-0.1, -0.05) is 0 Å². The first kappa shape index (κ1) is 37.2. The molecular weight excluding hydrogens is 787 g/mol. The summed E-state index contributed by atoms with van der Waals surface area (Å²) in [5.74, 6) is -0.104. The fourth-order valence-electron chi connectivity index (χ4n) is 6.83. The number of carbonyl (C=O) groups excluding carboxylic acids is 1. The van der Waals surface area contributed by atoms with E-state index in [-0.39, 0.29) is 27.0 Å². The Morgan fingerprint density at radius 1 is 0.600 bits per heavy atom. The number of nitro benzene ring substituents is 2. The Morgan fingerprint density at radius 3 is 1.38 bits per heavy atom. The molecule has 0 N–H and O–H groups in total. The van der Waals surface area contributed by atoms with Crippen molar-refractivity contribution in [3.8, 4) is 22.5 Å². The number of benzene rings is 2. The van der Waals surface area contributed by atoms with Gasteiger partial charge >= 0.3 is 0 Å². The van der Waals surface area contributed by atoms with Gasteiger partial charge in [-0.2, -0.15) is 0 Å². The van der Waals surface area contributed by atoms with Crippen LogP contribution in [0.15, 0.2) is 0 Å². The maximum absolute atomic E-state index is 12.5. The number of nitrogens with zero attached hydrogens (tertiary/aromatic N) is 6. The van der Waals surface area contributed by atoms with Gasteiger partial charge in [-0.3, -0.25) is 33.8 Å². The van der Waals surface area contributed by atoms with Gasteiger partial charge in [0.2, 0.25) is 0 Å². The lowest BCUT2D eigenvalue weighted by Crippen LogP contribution is -2.06. The van der Waals surface area contributed by atoms with Gasteiger partial charge in [-0.05, 0) is 128 Å². The molecule has 0 spiro atoms. The summed E-state index contributed by atoms with van der Waals surface area (Å²) >= 11 is 5.47. The minimum absolute atomic E-state index is 0.0989. The molecule has 0 saturated heterocycles. The van der Waals surface area contributed by atoms with Gasteiger partial charge in [0, 0.05) is 61.4 Å². The van der Waals surface area contributed by atoms with Crippen LogP contribution in [0.5, 0.6) is 0 Å². The molecule has 2 aromatic carbocycles. The molecule has 0 atom stereocenters. The lowest BCUT2D eigenvalue weighted by molar-refractivity contribution is -0.386. The topological polar surface area (TPSA) is 138 Å². The standard InChI is InChI=1S/C19H21N3O3S.C17H18IN3O2S/c1-8-9(2)15(11(4)17(10(8)3)22(24)25)16-18(13(6)23)21-12(5)14(7)26-19(21)20-16;1-7-8(2)13(10(4)15(9(7)3)21(22)23)14-16(18)20-11(5)12(6)24-17(20)19-14/h1-7H3;1-6H3. The summed E-state index contributed by atoms with van der Waals surface area (Å²) in [6.45, 7) is 24.6. The van der Waals surface area contributed by atoms with Crippen LogP contribution in [0.4, 0.5) is 11.4 Å². The van der Waals surface area contributed by atoms with E-state index < -0.39 is 0 Å². The van der Waals surface area contributed by atoms with Crippen LogP contribution in [0.1, 0.15) is 83.1 Å². The van der Waals surface area contributed by atoms with Crippen LogP contribution >= 0.6 is 45.3 Å². The quantitative estimate of drug-likeness (QED) is 0.0730. The van der Waals surface area contributed by atoms with Crippen molar-refractivity contribution in [3.05, 3.63) is 95.3 Å². The molecule has 14 heteroatoms. The third-order valence-electron chi connectivity index (χ3n) is 10.2. The minimum atomic E-state index is -0.345. The number of ketones is 1. The van der Waals surface area contributed by atoms with Crippen LogP contribution in [-0.2, 0) is 0 Å². The number of halogens is 1. The molecule has 4 aromatic heterocycles. The molecule has 6 rings (SSSR count). The molecule has 4 heterocycles. The van der Waals surface area contributed by atoms with Gasteiger partial charge in [0.05, 0.1) is 9.85 Å². The van der Waals surface area contributed by atoms with Gasteiger partial charge in [0.1, 0.15) is 20.8 Å². The number of imidazole rings is 2. The molecule has 0 bridgehead atoms.